The Labute approximate surface area is 115 Å². The van der Waals surface area contributed by atoms with Crippen molar-refractivity contribution in [3.05, 3.63) is 41.9 Å². The number of hydrogen-bond donors (Lipinski definition) is 1. The normalized spacial score (nSPS) is 10.1. The van der Waals surface area contributed by atoms with Crippen LogP contribution in [0.15, 0.2) is 34.9 Å². The fourth-order valence-electron chi connectivity index (χ4n) is 1.66. The third-order valence-electron chi connectivity index (χ3n) is 2.66. The number of carboxylic acids is 1. The van der Waals surface area contributed by atoms with E-state index in [2.05, 4.69) is 0 Å². The van der Waals surface area contributed by atoms with Crippen LogP contribution in [0.2, 0.25) is 0 Å². The Hall–Kier alpha value is -2.63. The number of ether oxygens (including phenoxy) is 3. The zero-order valence-electron chi connectivity index (χ0n) is 11.1. The summed E-state index contributed by atoms with van der Waals surface area (Å²) in [6.45, 7) is 0.0778. The summed E-state index contributed by atoms with van der Waals surface area (Å²) in [5.41, 5.74) is 0.458. The molecule has 2 aromatic rings. The number of furan rings is 1. The minimum Gasteiger partial charge on any atom is -0.496 e. The van der Waals surface area contributed by atoms with E-state index < -0.39 is 5.97 Å². The molecule has 0 amide bonds. The number of hydrogen-bond acceptors (Lipinski definition) is 5. The van der Waals surface area contributed by atoms with Crippen LogP contribution < -0.4 is 14.2 Å². The van der Waals surface area contributed by atoms with Crippen LogP contribution in [0.1, 0.15) is 16.1 Å². The van der Waals surface area contributed by atoms with Crippen molar-refractivity contribution in [2.24, 2.45) is 0 Å². The zero-order valence-corrected chi connectivity index (χ0v) is 11.1. The Balaban J connectivity index is 2.14. The van der Waals surface area contributed by atoms with E-state index >= 15 is 0 Å². The van der Waals surface area contributed by atoms with Gasteiger partial charge in [0.25, 0.3) is 0 Å². The van der Waals surface area contributed by atoms with Crippen molar-refractivity contribution in [1.82, 2.24) is 0 Å². The molecule has 0 radical (unpaired) electrons. The Morgan fingerprint density at radius 1 is 1.15 bits per heavy atom. The minimum atomic E-state index is -1.13. The number of carbonyl (C=O) groups is 1. The molecule has 2 rings (SSSR count). The monoisotopic (exact) mass is 278 g/mol. The lowest BCUT2D eigenvalue weighted by atomic mass is 10.2. The van der Waals surface area contributed by atoms with Crippen LogP contribution in [0.3, 0.4) is 0 Å². The first-order valence-corrected chi connectivity index (χ1v) is 5.79. The lowest BCUT2D eigenvalue weighted by Gasteiger charge is -2.09. The molecule has 6 nitrogen and oxygen atoms in total. The molecule has 0 aliphatic heterocycles. The molecule has 1 N–H and O–H groups in total. The molecule has 0 saturated heterocycles. The Bertz CT molecular complexity index is 579. The maximum atomic E-state index is 10.9. The molecule has 0 aliphatic carbocycles. The van der Waals surface area contributed by atoms with Gasteiger partial charge in [0, 0.05) is 23.8 Å². The summed E-state index contributed by atoms with van der Waals surface area (Å²) in [6.07, 6.45) is 1.31. The molecule has 1 aromatic carbocycles. The highest BCUT2D eigenvalue weighted by Gasteiger charge is 2.14. The Morgan fingerprint density at radius 2 is 1.75 bits per heavy atom. The summed E-state index contributed by atoms with van der Waals surface area (Å²) in [7, 11) is 3.08. The molecule has 20 heavy (non-hydrogen) atoms. The average molecular weight is 278 g/mol. The van der Waals surface area contributed by atoms with Gasteiger partial charge in [-0.25, -0.2) is 4.79 Å². The fraction of sp³-hybridized carbons (Fsp3) is 0.214. The second kappa shape index (κ2) is 6.01. The molecule has 0 saturated carbocycles. The molecular formula is C14H14O6. The first-order chi connectivity index (χ1) is 9.63. The molecule has 6 heteroatoms. The fourth-order valence-corrected chi connectivity index (χ4v) is 1.66. The summed E-state index contributed by atoms with van der Waals surface area (Å²) in [4.78, 5) is 10.9. The van der Waals surface area contributed by atoms with Crippen LogP contribution >= 0.6 is 0 Å². The van der Waals surface area contributed by atoms with E-state index in [1.54, 1.807) is 24.3 Å². The van der Waals surface area contributed by atoms with Gasteiger partial charge in [-0.05, 0) is 6.07 Å². The van der Waals surface area contributed by atoms with Crippen molar-refractivity contribution in [2.75, 3.05) is 14.2 Å². The van der Waals surface area contributed by atoms with E-state index in [0.29, 0.717) is 22.8 Å². The van der Waals surface area contributed by atoms with Crippen molar-refractivity contribution in [1.29, 1.82) is 0 Å². The molecule has 0 spiro atoms. The maximum absolute atomic E-state index is 10.9. The highest BCUT2D eigenvalue weighted by Crippen LogP contribution is 2.28. The van der Waals surface area contributed by atoms with Crippen LogP contribution in [0.4, 0.5) is 0 Å². The first-order valence-electron chi connectivity index (χ1n) is 5.79. The summed E-state index contributed by atoms with van der Waals surface area (Å²) >= 11 is 0. The largest absolute Gasteiger partial charge is 0.496 e. The molecular weight excluding hydrogens is 264 g/mol. The Kier molecular flexibility index (Phi) is 4.14. The molecule has 1 heterocycles. The van der Waals surface area contributed by atoms with E-state index in [9.17, 15) is 4.79 Å². The molecule has 1 aromatic heterocycles. The quantitative estimate of drug-likeness (QED) is 0.875. The van der Waals surface area contributed by atoms with E-state index in [1.165, 1.54) is 20.5 Å². The highest BCUT2D eigenvalue weighted by molar-refractivity contribution is 5.86. The SMILES string of the molecule is COc1cc(OC)cc(OCc2ccoc2C(=O)O)c1. The number of rotatable bonds is 6. The van der Waals surface area contributed by atoms with Crippen molar-refractivity contribution in [2.45, 2.75) is 6.61 Å². The lowest BCUT2D eigenvalue weighted by Crippen LogP contribution is -2.02. The number of carboxylic acid groups (broad SMARTS) is 1. The molecule has 0 aliphatic rings. The third kappa shape index (κ3) is 3.03. The maximum Gasteiger partial charge on any atom is 0.372 e. The lowest BCUT2D eigenvalue weighted by molar-refractivity contribution is 0.0658. The van der Waals surface area contributed by atoms with Gasteiger partial charge in [-0.3, -0.25) is 0 Å². The molecule has 106 valence electrons. The zero-order chi connectivity index (χ0) is 14.5. The smallest absolute Gasteiger partial charge is 0.372 e. The number of benzene rings is 1. The van der Waals surface area contributed by atoms with Gasteiger partial charge in [-0.1, -0.05) is 0 Å². The topological polar surface area (TPSA) is 78.1 Å². The van der Waals surface area contributed by atoms with E-state index in [4.69, 9.17) is 23.7 Å². The molecule has 0 atom stereocenters. The van der Waals surface area contributed by atoms with Gasteiger partial charge in [0.05, 0.1) is 20.5 Å². The summed E-state index contributed by atoms with van der Waals surface area (Å²) in [6, 6.07) is 6.64. The number of methoxy groups -OCH3 is 2. The van der Waals surface area contributed by atoms with Crippen molar-refractivity contribution in [3.63, 3.8) is 0 Å². The van der Waals surface area contributed by atoms with Gasteiger partial charge in [-0.15, -0.1) is 0 Å². The molecule has 0 fully saturated rings. The van der Waals surface area contributed by atoms with Gasteiger partial charge < -0.3 is 23.7 Å². The second-order valence-corrected chi connectivity index (χ2v) is 3.92. The number of aromatic carboxylic acids is 1. The van der Waals surface area contributed by atoms with Crippen LogP contribution in [0.25, 0.3) is 0 Å². The second-order valence-electron chi connectivity index (χ2n) is 3.92. The van der Waals surface area contributed by atoms with Gasteiger partial charge in [0.15, 0.2) is 0 Å². The Morgan fingerprint density at radius 3 is 2.30 bits per heavy atom. The van der Waals surface area contributed by atoms with E-state index in [1.807, 2.05) is 0 Å². The third-order valence-corrected chi connectivity index (χ3v) is 2.66. The average Bonchev–Trinajstić information content (AvgIpc) is 2.93. The van der Waals surface area contributed by atoms with Crippen LogP contribution in [0, 0.1) is 0 Å². The van der Waals surface area contributed by atoms with Crippen LogP contribution in [0.5, 0.6) is 17.2 Å². The van der Waals surface area contributed by atoms with Gasteiger partial charge in [0.2, 0.25) is 5.76 Å². The van der Waals surface area contributed by atoms with Crippen molar-refractivity contribution in [3.8, 4) is 17.2 Å². The first kappa shape index (κ1) is 13.8. The van der Waals surface area contributed by atoms with Crippen molar-refractivity contribution >= 4 is 5.97 Å². The van der Waals surface area contributed by atoms with Crippen LogP contribution in [-0.4, -0.2) is 25.3 Å². The van der Waals surface area contributed by atoms with Gasteiger partial charge in [-0.2, -0.15) is 0 Å². The minimum absolute atomic E-state index is 0.0778. The summed E-state index contributed by atoms with van der Waals surface area (Å²) in [5.74, 6) is 0.436. The predicted molar refractivity (Wildman–Crippen MR) is 69.5 cm³/mol. The van der Waals surface area contributed by atoms with Crippen molar-refractivity contribution < 1.29 is 28.5 Å². The van der Waals surface area contributed by atoms with E-state index in [-0.39, 0.29) is 12.4 Å². The standard InChI is InChI=1S/C14H14O6/c1-17-10-5-11(18-2)7-12(6-10)20-8-9-3-4-19-13(9)14(15)16/h3-7H,8H2,1-2H3,(H,15,16). The highest BCUT2D eigenvalue weighted by atomic mass is 16.5. The van der Waals surface area contributed by atoms with Gasteiger partial charge in [0.1, 0.15) is 23.9 Å². The molecule has 0 unspecified atom stereocenters. The van der Waals surface area contributed by atoms with Crippen LogP contribution in [-0.2, 0) is 6.61 Å². The summed E-state index contributed by atoms with van der Waals surface area (Å²) in [5, 5.41) is 8.93. The van der Waals surface area contributed by atoms with Gasteiger partial charge >= 0.3 is 5.97 Å². The predicted octanol–water partition coefficient (Wildman–Crippen LogP) is 2.57. The van der Waals surface area contributed by atoms with E-state index in [0.717, 1.165) is 0 Å². The molecule has 0 bridgehead atoms. The summed E-state index contributed by atoms with van der Waals surface area (Å²) < 4.78 is 20.7.